The Kier molecular flexibility index (Phi) is 3.80. The van der Waals surface area contributed by atoms with E-state index in [-0.39, 0.29) is 11.7 Å². The van der Waals surface area contributed by atoms with Crippen molar-refractivity contribution in [1.29, 1.82) is 0 Å². The van der Waals surface area contributed by atoms with Gasteiger partial charge in [0, 0.05) is 11.5 Å². The Morgan fingerprint density at radius 3 is 2.33 bits per heavy atom. The first kappa shape index (κ1) is 12.8. The molecule has 0 saturated heterocycles. The van der Waals surface area contributed by atoms with Crippen LogP contribution in [0, 0.1) is 18.8 Å². The molecule has 2 rings (SSSR count). The molecule has 1 fully saturated rings. The lowest BCUT2D eigenvalue weighted by atomic mass is 9.75. The maximum absolute atomic E-state index is 12.5. The van der Waals surface area contributed by atoms with Crippen molar-refractivity contribution in [2.45, 2.75) is 32.6 Å². The van der Waals surface area contributed by atoms with Crippen LogP contribution >= 0.6 is 0 Å². The fourth-order valence-corrected chi connectivity index (χ4v) is 2.79. The number of aryl methyl sites for hydroxylation is 1. The van der Waals surface area contributed by atoms with Gasteiger partial charge < -0.3 is 5.11 Å². The van der Waals surface area contributed by atoms with Gasteiger partial charge in [0.05, 0.1) is 5.92 Å². The molecule has 1 aromatic rings. The molecule has 1 N–H and O–H groups in total. The SMILES string of the molecule is Cc1ccccc1C(=O)[C@H]1CCCC[C@H]1C(=O)O. The molecular formula is C15H18O3. The molecule has 96 valence electrons. The summed E-state index contributed by atoms with van der Waals surface area (Å²) in [5, 5.41) is 9.22. The van der Waals surface area contributed by atoms with Crippen molar-refractivity contribution < 1.29 is 14.7 Å². The zero-order chi connectivity index (χ0) is 13.1. The number of aliphatic carboxylic acids is 1. The monoisotopic (exact) mass is 246 g/mol. The second-order valence-electron chi connectivity index (χ2n) is 5.01. The standard InChI is InChI=1S/C15H18O3/c1-10-6-2-3-7-11(10)14(16)12-8-4-5-9-13(12)15(17)18/h2-3,6-7,12-13H,4-5,8-9H2,1H3,(H,17,18)/t12-,13+/m0/s1. The molecule has 0 unspecified atom stereocenters. The number of benzene rings is 1. The Morgan fingerprint density at radius 1 is 1.11 bits per heavy atom. The van der Waals surface area contributed by atoms with E-state index in [1.54, 1.807) is 6.07 Å². The summed E-state index contributed by atoms with van der Waals surface area (Å²) >= 11 is 0. The molecule has 2 atom stereocenters. The van der Waals surface area contributed by atoms with E-state index in [0.717, 1.165) is 18.4 Å². The third-order valence-corrected chi connectivity index (χ3v) is 3.83. The summed E-state index contributed by atoms with van der Waals surface area (Å²) in [7, 11) is 0. The van der Waals surface area contributed by atoms with E-state index in [1.807, 2.05) is 25.1 Å². The third kappa shape index (κ3) is 2.45. The van der Waals surface area contributed by atoms with Crippen LogP contribution in [0.5, 0.6) is 0 Å². The highest BCUT2D eigenvalue weighted by Gasteiger charge is 2.36. The molecule has 18 heavy (non-hydrogen) atoms. The number of carboxylic acid groups (broad SMARTS) is 1. The maximum Gasteiger partial charge on any atom is 0.307 e. The van der Waals surface area contributed by atoms with Crippen molar-refractivity contribution in [3.05, 3.63) is 35.4 Å². The average molecular weight is 246 g/mol. The predicted octanol–water partition coefficient (Wildman–Crippen LogP) is 3.07. The average Bonchev–Trinajstić information content (AvgIpc) is 2.38. The number of ketones is 1. The van der Waals surface area contributed by atoms with E-state index in [0.29, 0.717) is 18.4 Å². The molecule has 0 spiro atoms. The van der Waals surface area contributed by atoms with Gasteiger partial charge in [-0.2, -0.15) is 0 Å². The lowest BCUT2D eigenvalue weighted by molar-refractivity contribution is -0.144. The Labute approximate surface area is 107 Å². The summed E-state index contributed by atoms with van der Waals surface area (Å²) in [6.45, 7) is 1.89. The van der Waals surface area contributed by atoms with Crippen molar-refractivity contribution in [2.24, 2.45) is 11.8 Å². The molecule has 1 aromatic carbocycles. The number of Topliss-reactive ketones (excluding diaryl/α,β-unsaturated/α-hetero) is 1. The Bertz CT molecular complexity index is 465. The lowest BCUT2D eigenvalue weighted by Gasteiger charge is -2.27. The van der Waals surface area contributed by atoms with Crippen LogP contribution < -0.4 is 0 Å². The molecule has 0 radical (unpaired) electrons. The van der Waals surface area contributed by atoms with Gasteiger partial charge in [-0.15, -0.1) is 0 Å². The van der Waals surface area contributed by atoms with E-state index in [9.17, 15) is 14.7 Å². The molecule has 0 amide bonds. The van der Waals surface area contributed by atoms with Gasteiger partial charge in [-0.25, -0.2) is 0 Å². The van der Waals surface area contributed by atoms with E-state index in [2.05, 4.69) is 0 Å². The summed E-state index contributed by atoms with van der Waals surface area (Å²) in [5.41, 5.74) is 1.60. The largest absolute Gasteiger partial charge is 0.481 e. The number of rotatable bonds is 3. The van der Waals surface area contributed by atoms with Crippen molar-refractivity contribution in [1.82, 2.24) is 0 Å². The van der Waals surface area contributed by atoms with Crippen molar-refractivity contribution in [3.63, 3.8) is 0 Å². The first-order chi connectivity index (χ1) is 8.61. The summed E-state index contributed by atoms with van der Waals surface area (Å²) in [4.78, 5) is 23.7. The van der Waals surface area contributed by atoms with Gasteiger partial charge in [-0.05, 0) is 25.3 Å². The fourth-order valence-electron chi connectivity index (χ4n) is 2.79. The second kappa shape index (κ2) is 5.34. The van der Waals surface area contributed by atoms with Crippen LogP contribution in [-0.2, 0) is 4.79 Å². The van der Waals surface area contributed by atoms with Gasteiger partial charge >= 0.3 is 5.97 Å². The Hall–Kier alpha value is -1.64. The van der Waals surface area contributed by atoms with E-state index in [4.69, 9.17) is 0 Å². The number of carboxylic acids is 1. The van der Waals surface area contributed by atoms with Crippen molar-refractivity contribution in [3.8, 4) is 0 Å². The van der Waals surface area contributed by atoms with Gasteiger partial charge in [0.2, 0.25) is 0 Å². The molecule has 0 bridgehead atoms. The van der Waals surface area contributed by atoms with Crippen LogP contribution in [0.1, 0.15) is 41.6 Å². The third-order valence-electron chi connectivity index (χ3n) is 3.83. The molecule has 1 saturated carbocycles. The molecular weight excluding hydrogens is 228 g/mol. The quantitative estimate of drug-likeness (QED) is 0.834. The first-order valence-electron chi connectivity index (χ1n) is 6.44. The molecule has 0 heterocycles. The predicted molar refractivity (Wildman–Crippen MR) is 68.6 cm³/mol. The maximum atomic E-state index is 12.5. The van der Waals surface area contributed by atoms with Gasteiger partial charge in [-0.3, -0.25) is 9.59 Å². The van der Waals surface area contributed by atoms with Gasteiger partial charge in [0.15, 0.2) is 5.78 Å². The Morgan fingerprint density at radius 2 is 1.72 bits per heavy atom. The van der Waals surface area contributed by atoms with Crippen LogP contribution in [-0.4, -0.2) is 16.9 Å². The van der Waals surface area contributed by atoms with Crippen LogP contribution in [0.4, 0.5) is 0 Å². The number of carbonyl (C=O) groups excluding carboxylic acids is 1. The first-order valence-corrected chi connectivity index (χ1v) is 6.44. The van der Waals surface area contributed by atoms with Crippen molar-refractivity contribution >= 4 is 11.8 Å². The summed E-state index contributed by atoms with van der Waals surface area (Å²) < 4.78 is 0. The molecule has 0 aliphatic heterocycles. The fraction of sp³-hybridized carbons (Fsp3) is 0.467. The summed E-state index contributed by atoms with van der Waals surface area (Å²) in [5.74, 6) is -1.69. The topological polar surface area (TPSA) is 54.4 Å². The number of hydrogen-bond acceptors (Lipinski definition) is 2. The minimum atomic E-state index is -0.832. The summed E-state index contributed by atoms with van der Waals surface area (Å²) in [6.07, 6.45) is 3.18. The lowest BCUT2D eigenvalue weighted by Crippen LogP contribution is -2.33. The van der Waals surface area contributed by atoms with Gasteiger partial charge in [0.25, 0.3) is 0 Å². The zero-order valence-corrected chi connectivity index (χ0v) is 10.6. The molecule has 1 aliphatic rings. The Balaban J connectivity index is 2.27. The minimum absolute atomic E-state index is 0.000185. The number of carbonyl (C=O) groups is 2. The van der Waals surface area contributed by atoms with Crippen LogP contribution in [0.3, 0.4) is 0 Å². The molecule has 3 nitrogen and oxygen atoms in total. The molecule has 3 heteroatoms. The molecule has 1 aliphatic carbocycles. The van der Waals surface area contributed by atoms with E-state index >= 15 is 0 Å². The second-order valence-corrected chi connectivity index (χ2v) is 5.01. The van der Waals surface area contributed by atoms with Crippen molar-refractivity contribution in [2.75, 3.05) is 0 Å². The molecule has 0 aromatic heterocycles. The van der Waals surface area contributed by atoms with Gasteiger partial charge in [0.1, 0.15) is 0 Å². The highest BCUT2D eigenvalue weighted by atomic mass is 16.4. The number of hydrogen-bond donors (Lipinski definition) is 1. The van der Waals surface area contributed by atoms with Crippen LogP contribution in [0.2, 0.25) is 0 Å². The smallest absolute Gasteiger partial charge is 0.307 e. The zero-order valence-electron chi connectivity index (χ0n) is 10.6. The highest BCUT2D eigenvalue weighted by molar-refractivity contribution is 6.01. The van der Waals surface area contributed by atoms with E-state index < -0.39 is 11.9 Å². The minimum Gasteiger partial charge on any atom is -0.481 e. The highest BCUT2D eigenvalue weighted by Crippen LogP contribution is 2.33. The normalized spacial score (nSPS) is 23.6. The summed E-state index contributed by atoms with van der Waals surface area (Å²) in [6, 6.07) is 7.41. The van der Waals surface area contributed by atoms with Crippen LogP contribution in [0.25, 0.3) is 0 Å². The van der Waals surface area contributed by atoms with E-state index in [1.165, 1.54) is 0 Å². The van der Waals surface area contributed by atoms with Crippen LogP contribution in [0.15, 0.2) is 24.3 Å². The van der Waals surface area contributed by atoms with Gasteiger partial charge in [-0.1, -0.05) is 37.1 Å².